The monoisotopic (exact) mass is 484 g/mol. The van der Waals surface area contributed by atoms with Crippen molar-refractivity contribution in [3.05, 3.63) is 95.2 Å². The van der Waals surface area contributed by atoms with Crippen molar-refractivity contribution in [3.63, 3.8) is 0 Å². The lowest BCUT2D eigenvalue weighted by Gasteiger charge is -2.35. The summed E-state index contributed by atoms with van der Waals surface area (Å²) in [6, 6.07) is 17.2. The summed E-state index contributed by atoms with van der Waals surface area (Å²) < 4.78 is 54.0. The number of aliphatic carboxylic acids is 1. The summed E-state index contributed by atoms with van der Waals surface area (Å²) in [6.07, 6.45) is -4.01. The van der Waals surface area contributed by atoms with E-state index in [-0.39, 0.29) is 5.56 Å². The minimum atomic E-state index is -4.55. The lowest BCUT2D eigenvalue weighted by molar-refractivity contribution is -0.144. The summed E-state index contributed by atoms with van der Waals surface area (Å²) in [6.45, 7) is 3.13. The molecule has 35 heavy (non-hydrogen) atoms. The van der Waals surface area contributed by atoms with E-state index in [1.54, 1.807) is 42.1 Å². The molecule has 0 amide bonds. The second kappa shape index (κ2) is 9.07. The van der Waals surface area contributed by atoms with E-state index >= 15 is 0 Å². The molecule has 0 radical (unpaired) electrons. The van der Waals surface area contributed by atoms with Gasteiger partial charge in [-0.15, -0.1) is 0 Å². The number of carboxylic acids is 1. The third-order valence-electron chi connectivity index (χ3n) is 5.87. The molecule has 3 aromatic carbocycles. The van der Waals surface area contributed by atoms with Gasteiger partial charge in [0.15, 0.2) is 6.10 Å². The van der Waals surface area contributed by atoms with Crippen LogP contribution in [0, 0.1) is 6.92 Å². The third kappa shape index (κ3) is 4.35. The van der Waals surface area contributed by atoms with Gasteiger partial charge in [-0.2, -0.15) is 18.3 Å². The van der Waals surface area contributed by atoms with Gasteiger partial charge in [0.05, 0.1) is 17.3 Å². The number of fused-ring (bicyclic) bond motifs is 1. The predicted octanol–water partition coefficient (Wildman–Crippen LogP) is 5.61. The van der Waals surface area contributed by atoms with Gasteiger partial charge in [0, 0.05) is 23.6 Å². The maximum Gasteiger partial charge on any atom is 0.416 e. The summed E-state index contributed by atoms with van der Waals surface area (Å²) in [5.74, 6) is -0.783. The van der Waals surface area contributed by atoms with E-state index in [9.17, 15) is 23.1 Å². The van der Waals surface area contributed by atoms with Crippen molar-refractivity contribution in [3.8, 4) is 5.75 Å². The van der Waals surface area contributed by atoms with Gasteiger partial charge in [-0.05, 0) is 49.7 Å². The highest BCUT2D eigenvalue weighted by Crippen LogP contribution is 2.41. The van der Waals surface area contributed by atoms with Gasteiger partial charge in [0.2, 0.25) is 5.72 Å². The van der Waals surface area contributed by atoms with E-state index in [4.69, 9.17) is 9.47 Å². The Bertz CT molecular complexity index is 1380. The summed E-state index contributed by atoms with van der Waals surface area (Å²) in [7, 11) is 1.41. The van der Waals surface area contributed by atoms with Gasteiger partial charge >= 0.3 is 12.1 Å². The minimum absolute atomic E-state index is 0.218. The zero-order valence-electron chi connectivity index (χ0n) is 19.2. The summed E-state index contributed by atoms with van der Waals surface area (Å²) in [5.41, 5.74) is -0.437. The van der Waals surface area contributed by atoms with Crippen LogP contribution in [0.2, 0.25) is 0 Å². The Kier molecular flexibility index (Phi) is 6.29. The molecule has 182 valence electrons. The largest absolute Gasteiger partial charge is 0.479 e. The molecule has 1 aromatic heterocycles. The Morgan fingerprint density at radius 3 is 2.34 bits per heavy atom. The molecule has 1 heterocycles. The number of benzene rings is 3. The molecular weight excluding hydrogens is 461 g/mol. The second-order valence-electron chi connectivity index (χ2n) is 8.12. The fraction of sp³-hybridized carbons (Fsp3) is 0.231. The van der Waals surface area contributed by atoms with E-state index in [1.807, 2.05) is 24.3 Å². The number of hydrogen-bond donors (Lipinski definition) is 1. The van der Waals surface area contributed by atoms with Gasteiger partial charge in [0.1, 0.15) is 5.75 Å². The van der Waals surface area contributed by atoms with Gasteiger partial charge in [0.25, 0.3) is 0 Å². The highest BCUT2D eigenvalue weighted by Gasteiger charge is 2.41. The number of para-hydroxylation sites is 1. The number of carboxylic acid groups (broad SMARTS) is 1. The molecule has 4 aromatic rings. The van der Waals surface area contributed by atoms with Crippen LogP contribution in [0.1, 0.15) is 29.2 Å². The van der Waals surface area contributed by atoms with Crippen LogP contribution in [0.5, 0.6) is 5.75 Å². The molecule has 9 heteroatoms. The van der Waals surface area contributed by atoms with E-state index in [0.29, 0.717) is 22.4 Å². The smallest absolute Gasteiger partial charge is 0.416 e. The van der Waals surface area contributed by atoms with Crippen LogP contribution in [0.4, 0.5) is 13.2 Å². The topological polar surface area (TPSA) is 73.6 Å². The Morgan fingerprint density at radius 2 is 1.69 bits per heavy atom. The zero-order chi connectivity index (χ0) is 25.4. The molecule has 0 fully saturated rings. The zero-order valence-corrected chi connectivity index (χ0v) is 19.2. The Hall–Kier alpha value is -3.85. The number of nitrogens with zero attached hydrogens (tertiary/aromatic N) is 2. The van der Waals surface area contributed by atoms with E-state index in [1.165, 1.54) is 20.1 Å². The first kappa shape index (κ1) is 24.3. The standard InChI is InChI=1S/C26H23F3N2O4/c1-16-13-20(11-12-23(16)35-17(2)24(32)33)25(34-3,19-8-6-9-21(14-19)26(27,28)29)31-22-10-5-4-7-18(22)15-30-31/h4-15,17H,1-3H3,(H,32,33). The lowest BCUT2D eigenvalue weighted by atomic mass is 9.91. The molecule has 4 rings (SSSR count). The van der Waals surface area contributed by atoms with Crippen molar-refractivity contribution in [1.29, 1.82) is 0 Å². The Balaban J connectivity index is 1.97. The second-order valence-corrected chi connectivity index (χ2v) is 8.12. The van der Waals surface area contributed by atoms with Crippen LogP contribution in [0.25, 0.3) is 10.9 Å². The number of hydrogen-bond acceptors (Lipinski definition) is 4. The molecule has 0 saturated carbocycles. The molecule has 0 aliphatic carbocycles. The number of carbonyl (C=O) groups is 1. The average molecular weight is 484 g/mol. The van der Waals surface area contributed by atoms with Crippen molar-refractivity contribution in [2.24, 2.45) is 0 Å². The number of aryl methyl sites for hydroxylation is 1. The summed E-state index contributed by atoms with van der Waals surface area (Å²) in [5, 5.41) is 14.5. The molecule has 0 spiro atoms. The van der Waals surface area contributed by atoms with E-state index in [0.717, 1.165) is 17.5 Å². The van der Waals surface area contributed by atoms with Crippen molar-refractivity contribution in [1.82, 2.24) is 9.78 Å². The summed E-state index contributed by atoms with van der Waals surface area (Å²) in [4.78, 5) is 11.2. The van der Waals surface area contributed by atoms with Gasteiger partial charge in [-0.1, -0.05) is 36.4 Å². The van der Waals surface area contributed by atoms with Crippen LogP contribution in [0.3, 0.4) is 0 Å². The van der Waals surface area contributed by atoms with Crippen molar-refractivity contribution in [2.45, 2.75) is 31.9 Å². The molecule has 2 atom stereocenters. The first-order valence-corrected chi connectivity index (χ1v) is 10.7. The first-order valence-electron chi connectivity index (χ1n) is 10.7. The highest BCUT2D eigenvalue weighted by molar-refractivity contribution is 5.79. The van der Waals surface area contributed by atoms with Crippen LogP contribution in [-0.2, 0) is 21.4 Å². The molecule has 0 aliphatic heterocycles. The molecule has 0 saturated heterocycles. The highest BCUT2D eigenvalue weighted by atomic mass is 19.4. The number of rotatable bonds is 7. The van der Waals surface area contributed by atoms with Crippen LogP contribution in [-0.4, -0.2) is 34.1 Å². The van der Waals surface area contributed by atoms with E-state index in [2.05, 4.69) is 5.10 Å². The summed E-state index contributed by atoms with van der Waals surface area (Å²) >= 11 is 0. The number of halogens is 3. The normalized spacial score (nSPS) is 14.5. The number of methoxy groups -OCH3 is 1. The van der Waals surface area contributed by atoms with Crippen molar-refractivity contribution in [2.75, 3.05) is 7.11 Å². The first-order chi connectivity index (χ1) is 16.6. The number of aromatic nitrogens is 2. The SMILES string of the molecule is COC(c1cccc(C(F)(F)F)c1)(c1ccc(OC(C)C(=O)O)c(C)c1)n1ncc2ccccc21. The quantitative estimate of drug-likeness (QED) is 0.369. The molecule has 1 N–H and O–H groups in total. The average Bonchev–Trinajstić information content (AvgIpc) is 3.26. The Labute approximate surface area is 199 Å². The maximum absolute atomic E-state index is 13.6. The molecular formula is C26H23F3N2O4. The minimum Gasteiger partial charge on any atom is -0.479 e. The van der Waals surface area contributed by atoms with Crippen LogP contribution in [0.15, 0.2) is 72.9 Å². The lowest BCUT2D eigenvalue weighted by Crippen LogP contribution is -2.39. The molecule has 2 unspecified atom stereocenters. The fourth-order valence-electron chi connectivity index (χ4n) is 4.10. The van der Waals surface area contributed by atoms with Crippen LogP contribution < -0.4 is 4.74 Å². The van der Waals surface area contributed by atoms with Crippen molar-refractivity contribution >= 4 is 16.9 Å². The van der Waals surface area contributed by atoms with Crippen molar-refractivity contribution < 1.29 is 32.5 Å². The molecule has 0 aliphatic rings. The van der Waals surface area contributed by atoms with Gasteiger partial charge < -0.3 is 14.6 Å². The Morgan fingerprint density at radius 1 is 1.00 bits per heavy atom. The fourth-order valence-corrected chi connectivity index (χ4v) is 4.10. The van der Waals surface area contributed by atoms with Gasteiger partial charge in [-0.25, -0.2) is 9.48 Å². The number of ether oxygens (including phenoxy) is 2. The van der Waals surface area contributed by atoms with E-state index < -0.39 is 29.5 Å². The van der Waals surface area contributed by atoms with Gasteiger partial charge in [-0.3, -0.25) is 0 Å². The number of alkyl halides is 3. The molecule has 0 bridgehead atoms. The van der Waals surface area contributed by atoms with Crippen LogP contribution >= 0.6 is 0 Å². The predicted molar refractivity (Wildman–Crippen MR) is 123 cm³/mol. The third-order valence-corrected chi connectivity index (χ3v) is 5.87. The molecule has 6 nitrogen and oxygen atoms in total. The maximum atomic E-state index is 13.6.